The van der Waals surface area contributed by atoms with E-state index in [-0.39, 0.29) is 0 Å². The number of nitrogens with zero attached hydrogens (tertiary/aromatic N) is 1. The Morgan fingerprint density at radius 1 is 1.60 bits per heavy atom. The lowest BCUT2D eigenvalue weighted by Gasteiger charge is -2.28. The zero-order chi connectivity index (χ0) is 10.7. The van der Waals surface area contributed by atoms with E-state index in [0.29, 0.717) is 6.04 Å². The molecule has 1 aromatic rings. The fourth-order valence-corrected chi connectivity index (χ4v) is 2.80. The van der Waals surface area contributed by atoms with Crippen molar-refractivity contribution in [2.24, 2.45) is 5.92 Å². The quantitative estimate of drug-likeness (QED) is 0.831. The third kappa shape index (κ3) is 3.02. The van der Waals surface area contributed by atoms with Crippen molar-refractivity contribution < 1.29 is 0 Å². The minimum absolute atomic E-state index is 0.650. The first-order chi connectivity index (χ1) is 7.25. The van der Waals surface area contributed by atoms with Crippen LogP contribution in [0.3, 0.4) is 0 Å². The highest BCUT2D eigenvalue weighted by molar-refractivity contribution is 7.09. The van der Waals surface area contributed by atoms with Crippen molar-refractivity contribution in [3.8, 4) is 0 Å². The third-order valence-corrected chi connectivity index (χ3v) is 4.30. The Hall–Kier alpha value is -0.410. The van der Waals surface area contributed by atoms with Crippen LogP contribution in [0.15, 0.2) is 5.51 Å². The average molecular weight is 224 g/mol. The summed E-state index contributed by atoms with van der Waals surface area (Å²) >= 11 is 1.76. The van der Waals surface area contributed by atoms with Crippen molar-refractivity contribution >= 4 is 11.3 Å². The van der Waals surface area contributed by atoms with Gasteiger partial charge in [-0.3, -0.25) is 0 Å². The van der Waals surface area contributed by atoms with Gasteiger partial charge in [-0.2, -0.15) is 0 Å². The monoisotopic (exact) mass is 224 g/mol. The first-order valence-corrected chi connectivity index (χ1v) is 6.76. The summed E-state index contributed by atoms with van der Waals surface area (Å²) in [6.45, 7) is 5.38. The molecule has 1 aromatic heterocycles. The van der Waals surface area contributed by atoms with Gasteiger partial charge in [-0.15, -0.1) is 11.3 Å². The Labute approximate surface area is 96.1 Å². The molecule has 1 heterocycles. The largest absolute Gasteiger partial charge is 0.309 e. The molecule has 0 radical (unpaired) electrons. The molecule has 0 saturated heterocycles. The van der Waals surface area contributed by atoms with Crippen LogP contribution in [0, 0.1) is 12.8 Å². The maximum absolute atomic E-state index is 4.26. The number of hydrogen-bond donors (Lipinski definition) is 1. The van der Waals surface area contributed by atoms with Crippen LogP contribution in [0.2, 0.25) is 0 Å². The zero-order valence-electron chi connectivity index (χ0n) is 9.62. The minimum Gasteiger partial charge on any atom is -0.309 e. The maximum atomic E-state index is 4.26. The molecule has 1 unspecified atom stereocenters. The molecule has 15 heavy (non-hydrogen) atoms. The molecule has 1 aliphatic carbocycles. The van der Waals surface area contributed by atoms with Gasteiger partial charge in [0.05, 0.1) is 11.2 Å². The van der Waals surface area contributed by atoms with Crippen molar-refractivity contribution in [2.45, 2.75) is 52.1 Å². The molecule has 2 rings (SSSR count). The van der Waals surface area contributed by atoms with E-state index in [4.69, 9.17) is 0 Å². The first kappa shape index (κ1) is 11.1. The Balaban J connectivity index is 1.70. The number of hydrogen-bond acceptors (Lipinski definition) is 3. The summed E-state index contributed by atoms with van der Waals surface area (Å²) in [6, 6.07) is 0.650. The van der Waals surface area contributed by atoms with Gasteiger partial charge in [0.25, 0.3) is 0 Å². The summed E-state index contributed by atoms with van der Waals surface area (Å²) in [6.07, 6.45) is 5.69. The molecule has 1 N–H and O–H groups in total. The SMILES string of the molecule is Cc1ncsc1CNC(C)CC1CCC1. The van der Waals surface area contributed by atoms with Crippen molar-refractivity contribution in [3.05, 3.63) is 16.1 Å². The molecule has 1 aliphatic rings. The maximum Gasteiger partial charge on any atom is 0.0798 e. The molecule has 84 valence electrons. The van der Waals surface area contributed by atoms with E-state index in [1.165, 1.54) is 36.3 Å². The fraction of sp³-hybridized carbons (Fsp3) is 0.750. The molecule has 1 saturated carbocycles. The highest BCUT2D eigenvalue weighted by Crippen LogP contribution is 2.30. The van der Waals surface area contributed by atoms with Gasteiger partial charge >= 0.3 is 0 Å². The topological polar surface area (TPSA) is 24.9 Å². The molecule has 0 bridgehead atoms. The summed E-state index contributed by atoms with van der Waals surface area (Å²) in [4.78, 5) is 5.65. The van der Waals surface area contributed by atoms with E-state index >= 15 is 0 Å². The highest BCUT2D eigenvalue weighted by Gasteiger charge is 2.19. The third-order valence-electron chi connectivity index (χ3n) is 3.37. The van der Waals surface area contributed by atoms with Crippen molar-refractivity contribution in [3.63, 3.8) is 0 Å². The van der Waals surface area contributed by atoms with Crippen LogP contribution in [0.4, 0.5) is 0 Å². The number of thiazole rings is 1. The van der Waals surface area contributed by atoms with Crippen molar-refractivity contribution in [2.75, 3.05) is 0 Å². The van der Waals surface area contributed by atoms with Crippen molar-refractivity contribution in [1.82, 2.24) is 10.3 Å². The van der Waals surface area contributed by atoms with Gasteiger partial charge in [-0.1, -0.05) is 19.3 Å². The van der Waals surface area contributed by atoms with E-state index in [0.717, 1.165) is 12.5 Å². The molecule has 2 nitrogen and oxygen atoms in total. The van der Waals surface area contributed by atoms with E-state index in [1.54, 1.807) is 11.3 Å². The normalized spacial score (nSPS) is 18.8. The van der Waals surface area contributed by atoms with Gasteiger partial charge in [0.15, 0.2) is 0 Å². The van der Waals surface area contributed by atoms with E-state index in [9.17, 15) is 0 Å². The molecule has 0 aliphatic heterocycles. The predicted octanol–water partition coefficient (Wildman–Crippen LogP) is 3.12. The number of nitrogens with one attached hydrogen (secondary N) is 1. The fourth-order valence-electron chi connectivity index (χ4n) is 2.07. The lowest BCUT2D eigenvalue weighted by atomic mass is 9.81. The minimum atomic E-state index is 0.650. The second-order valence-electron chi connectivity index (χ2n) is 4.68. The predicted molar refractivity (Wildman–Crippen MR) is 65.1 cm³/mol. The van der Waals surface area contributed by atoms with Crippen LogP contribution in [-0.2, 0) is 6.54 Å². The zero-order valence-corrected chi connectivity index (χ0v) is 10.4. The lowest BCUT2D eigenvalue weighted by molar-refractivity contribution is 0.265. The van der Waals surface area contributed by atoms with E-state index < -0.39 is 0 Å². The highest BCUT2D eigenvalue weighted by atomic mass is 32.1. The molecule has 3 heteroatoms. The van der Waals surface area contributed by atoms with E-state index in [1.807, 2.05) is 5.51 Å². The van der Waals surface area contributed by atoms with Crippen LogP contribution < -0.4 is 5.32 Å². The van der Waals surface area contributed by atoms with Gasteiger partial charge in [-0.25, -0.2) is 4.98 Å². The van der Waals surface area contributed by atoms with Gasteiger partial charge in [0.2, 0.25) is 0 Å². The van der Waals surface area contributed by atoms with Gasteiger partial charge < -0.3 is 5.32 Å². The Bertz CT molecular complexity index is 304. The van der Waals surface area contributed by atoms with Crippen LogP contribution in [0.5, 0.6) is 0 Å². The van der Waals surface area contributed by atoms with Crippen LogP contribution in [-0.4, -0.2) is 11.0 Å². The lowest BCUT2D eigenvalue weighted by Crippen LogP contribution is -2.29. The number of aryl methyl sites for hydroxylation is 1. The standard InChI is InChI=1S/C12H20N2S/c1-9(6-11-4-3-5-11)13-7-12-10(2)14-8-15-12/h8-9,11,13H,3-7H2,1-2H3. The number of rotatable bonds is 5. The summed E-state index contributed by atoms with van der Waals surface area (Å²) in [5.74, 6) is 0.995. The van der Waals surface area contributed by atoms with Crippen molar-refractivity contribution in [1.29, 1.82) is 0 Å². The summed E-state index contributed by atoms with van der Waals surface area (Å²) in [5.41, 5.74) is 3.12. The molecule has 0 amide bonds. The Morgan fingerprint density at radius 2 is 2.40 bits per heavy atom. The second kappa shape index (κ2) is 5.08. The summed E-state index contributed by atoms with van der Waals surface area (Å²) < 4.78 is 0. The Kier molecular flexibility index (Phi) is 3.76. The molecule has 0 aromatic carbocycles. The Morgan fingerprint density at radius 3 is 2.93 bits per heavy atom. The molecular weight excluding hydrogens is 204 g/mol. The van der Waals surface area contributed by atoms with Crippen LogP contribution >= 0.6 is 11.3 Å². The second-order valence-corrected chi connectivity index (χ2v) is 5.61. The van der Waals surface area contributed by atoms with Gasteiger partial charge in [0, 0.05) is 17.5 Å². The molecule has 0 spiro atoms. The first-order valence-electron chi connectivity index (χ1n) is 5.88. The number of aromatic nitrogens is 1. The van der Waals surface area contributed by atoms with E-state index in [2.05, 4.69) is 24.1 Å². The molecule has 1 atom stereocenters. The average Bonchev–Trinajstić information content (AvgIpc) is 2.55. The van der Waals surface area contributed by atoms with Gasteiger partial charge in [0.1, 0.15) is 0 Å². The molecular formula is C12H20N2S. The van der Waals surface area contributed by atoms with Crippen LogP contribution in [0.25, 0.3) is 0 Å². The summed E-state index contributed by atoms with van der Waals surface area (Å²) in [5, 5.41) is 3.60. The smallest absolute Gasteiger partial charge is 0.0798 e. The molecule has 1 fully saturated rings. The van der Waals surface area contributed by atoms with Crippen LogP contribution in [0.1, 0.15) is 43.2 Å². The van der Waals surface area contributed by atoms with Gasteiger partial charge in [-0.05, 0) is 26.2 Å². The summed E-state index contributed by atoms with van der Waals surface area (Å²) in [7, 11) is 0.